The normalized spacial score (nSPS) is 25.4. The topological polar surface area (TPSA) is 63.5 Å². The Labute approximate surface area is 137 Å². The van der Waals surface area contributed by atoms with Crippen LogP contribution in [0.2, 0.25) is 0 Å². The maximum Gasteiger partial charge on any atom is 0.410 e. The van der Waals surface area contributed by atoms with E-state index in [2.05, 4.69) is 15.0 Å². The van der Waals surface area contributed by atoms with E-state index in [4.69, 9.17) is 4.74 Å². The maximum atomic E-state index is 12.5. The van der Waals surface area contributed by atoms with Crippen LogP contribution in [0.3, 0.4) is 0 Å². The maximum absolute atomic E-state index is 12.5. The molecule has 7 nitrogen and oxygen atoms in total. The Hall–Kier alpha value is -1.63. The number of ether oxygens (including phenoxy) is 1. The molecule has 128 valence electrons. The van der Waals surface area contributed by atoms with Gasteiger partial charge in [0.25, 0.3) is 0 Å². The van der Waals surface area contributed by atoms with Crippen molar-refractivity contribution in [3.05, 3.63) is 12.7 Å². The molecule has 2 aliphatic heterocycles. The van der Waals surface area contributed by atoms with Gasteiger partial charge in [-0.15, -0.1) is 0 Å². The van der Waals surface area contributed by atoms with E-state index >= 15 is 0 Å². The summed E-state index contributed by atoms with van der Waals surface area (Å²) in [5.41, 5.74) is -0.435. The molecule has 1 aromatic heterocycles. The van der Waals surface area contributed by atoms with Crippen molar-refractivity contribution in [3.63, 3.8) is 0 Å². The molecule has 0 saturated carbocycles. The van der Waals surface area contributed by atoms with Gasteiger partial charge in [-0.25, -0.2) is 9.78 Å². The number of fused-ring (bicyclic) bond motifs is 2. The number of carbonyl (C=O) groups excluding carboxylic acids is 1. The third-order valence-electron chi connectivity index (χ3n) is 4.58. The highest BCUT2D eigenvalue weighted by Crippen LogP contribution is 2.31. The second-order valence-corrected chi connectivity index (χ2v) is 7.52. The molecule has 2 aliphatic rings. The summed E-state index contributed by atoms with van der Waals surface area (Å²) in [4.78, 5) is 21.0. The average molecular weight is 321 g/mol. The molecule has 2 bridgehead atoms. The van der Waals surface area contributed by atoms with Crippen molar-refractivity contribution in [1.29, 1.82) is 0 Å². The average Bonchev–Trinajstić information content (AvgIpc) is 3.03. The lowest BCUT2D eigenvalue weighted by molar-refractivity contribution is 0.0153. The molecule has 0 radical (unpaired) electrons. The number of aromatic nitrogens is 3. The first-order chi connectivity index (χ1) is 10.9. The summed E-state index contributed by atoms with van der Waals surface area (Å²) in [5.74, 6) is 0. The van der Waals surface area contributed by atoms with Crippen LogP contribution in [-0.4, -0.2) is 68.0 Å². The predicted molar refractivity (Wildman–Crippen MR) is 86.0 cm³/mol. The third kappa shape index (κ3) is 4.02. The lowest BCUT2D eigenvalue weighted by Gasteiger charge is -2.31. The van der Waals surface area contributed by atoms with Crippen molar-refractivity contribution in [2.24, 2.45) is 0 Å². The van der Waals surface area contributed by atoms with Crippen LogP contribution in [-0.2, 0) is 11.3 Å². The molecule has 0 aliphatic carbocycles. The van der Waals surface area contributed by atoms with E-state index in [9.17, 15) is 4.79 Å². The molecule has 3 rings (SSSR count). The van der Waals surface area contributed by atoms with Crippen LogP contribution in [0.5, 0.6) is 0 Å². The number of hydrogen-bond acceptors (Lipinski definition) is 5. The fourth-order valence-corrected chi connectivity index (χ4v) is 3.55. The van der Waals surface area contributed by atoms with Crippen molar-refractivity contribution in [2.45, 2.75) is 64.3 Å². The lowest BCUT2D eigenvalue weighted by atomic mass is 10.1. The zero-order valence-corrected chi connectivity index (χ0v) is 14.3. The van der Waals surface area contributed by atoms with E-state index in [-0.39, 0.29) is 12.1 Å². The molecule has 0 aromatic carbocycles. The summed E-state index contributed by atoms with van der Waals surface area (Å²) in [5, 5.41) is 4.15. The van der Waals surface area contributed by atoms with Crippen LogP contribution in [0, 0.1) is 0 Å². The molecule has 1 aromatic rings. The van der Waals surface area contributed by atoms with Gasteiger partial charge in [-0.2, -0.15) is 5.10 Å². The van der Waals surface area contributed by atoms with Gasteiger partial charge in [-0.1, -0.05) is 0 Å². The van der Waals surface area contributed by atoms with Crippen molar-refractivity contribution in [2.75, 3.05) is 19.6 Å². The second kappa shape index (κ2) is 6.47. The molecule has 7 heteroatoms. The second-order valence-electron chi connectivity index (χ2n) is 7.52. The smallest absolute Gasteiger partial charge is 0.410 e. The Bertz CT molecular complexity index is 525. The number of likely N-dealkylation sites (tertiary alicyclic amines) is 1. The number of rotatable bonds is 3. The van der Waals surface area contributed by atoms with Gasteiger partial charge < -0.3 is 9.64 Å². The molecule has 1 amide bonds. The first-order valence-electron chi connectivity index (χ1n) is 8.48. The molecule has 2 saturated heterocycles. The molecule has 2 fully saturated rings. The molecule has 3 heterocycles. The number of amides is 1. The van der Waals surface area contributed by atoms with Crippen LogP contribution in [0.1, 0.15) is 40.0 Å². The molecule has 0 unspecified atom stereocenters. The van der Waals surface area contributed by atoms with Gasteiger partial charge in [0.05, 0.1) is 6.54 Å². The summed E-state index contributed by atoms with van der Waals surface area (Å²) in [6.07, 6.45) is 6.35. The fourth-order valence-electron chi connectivity index (χ4n) is 3.55. The summed E-state index contributed by atoms with van der Waals surface area (Å²) in [6, 6.07) is 0.597. The quantitative estimate of drug-likeness (QED) is 0.849. The van der Waals surface area contributed by atoms with Gasteiger partial charge in [0, 0.05) is 31.7 Å². The highest BCUT2D eigenvalue weighted by Gasteiger charge is 2.41. The minimum atomic E-state index is -0.435. The highest BCUT2D eigenvalue weighted by atomic mass is 16.6. The van der Waals surface area contributed by atoms with Gasteiger partial charge in [0.2, 0.25) is 0 Å². The van der Waals surface area contributed by atoms with E-state index < -0.39 is 5.60 Å². The number of nitrogens with zero attached hydrogens (tertiary/aromatic N) is 5. The van der Waals surface area contributed by atoms with Crippen molar-refractivity contribution < 1.29 is 9.53 Å². The highest BCUT2D eigenvalue weighted by molar-refractivity contribution is 5.69. The minimum Gasteiger partial charge on any atom is -0.444 e. The summed E-state index contributed by atoms with van der Waals surface area (Å²) >= 11 is 0. The van der Waals surface area contributed by atoms with Crippen molar-refractivity contribution in [3.8, 4) is 0 Å². The fraction of sp³-hybridized carbons (Fsp3) is 0.812. The van der Waals surface area contributed by atoms with Gasteiger partial charge in [0.15, 0.2) is 0 Å². The van der Waals surface area contributed by atoms with Crippen molar-refractivity contribution >= 4 is 6.09 Å². The Morgan fingerprint density at radius 2 is 2.00 bits per heavy atom. The molecule has 2 atom stereocenters. The van der Waals surface area contributed by atoms with Crippen molar-refractivity contribution in [1.82, 2.24) is 24.6 Å². The van der Waals surface area contributed by atoms with Gasteiger partial charge in [0.1, 0.15) is 18.3 Å². The van der Waals surface area contributed by atoms with Gasteiger partial charge in [-0.05, 0) is 40.0 Å². The molecular weight excluding hydrogens is 294 g/mol. The van der Waals surface area contributed by atoms with E-state index in [1.54, 1.807) is 12.7 Å². The van der Waals surface area contributed by atoms with E-state index in [1.807, 2.05) is 30.4 Å². The number of hydrogen-bond donors (Lipinski definition) is 0. The molecule has 0 spiro atoms. The Kier molecular flexibility index (Phi) is 4.57. The monoisotopic (exact) mass is 321 g/mol. The molecule has 23 heavy (non-hydrogen) atoms. The van der Waals surface area contributed by atoms with Crippen LogP contribution in [0.15, 0.2) is 12.7 Å². The zero-order valence-electron chi connectivity index (χ0n) is 14.3. The Morgan fingerprint density at radius 3 is 2.70 bits per heavy atom. The van der Waals surface area contributed by atoms with Gasteiger partial charge in [-0.3, -0.25) is 9.58 Å². The van der Waals surface area contributed by atoms with Crippen LogP contribution in [0.4, 0.5) is 4.79 Å². The summed E-state index contributed by atoms with van der Waals surface area (Å²) in [7, 11) is 0. The van der Waals surface area contributed by atoms with E-state index in [0.717, 1.165) is 45.4 Å². The largest absolute Gasteiger partial charge is 0.444 e. The van der Waals surface area contributed by atoms with E-state index in [1.165, 1.54) is 0 Å². The van der Waals surface area contributed by atoms with E-state index in [0.29, 0.717) is 6.04 Å². The van der Waals surface area contributed by atoms with Crippen LogP contribution in [0.25, 0.3) is 0 Å². The Morgan fingerprint density at radius 1 is 1.22 bits per heavy atom. The minimum absolute atomic E-state index is 0.150. The standard InChI is InChI=1S/C16H27N5O2/c1-16(2,3)23-15(22)21-13-4-5-14(21)10-19(7-6-13)8-9-20-12-17-11-18-20/h11-14H,4-10H2,1-3H3/t13-,14-/m0/s1. The lowest BCUT2D eigenvalue weighted by Crippen LogP contribution is -2.45. The number of carbonyl (C=O) groups is 1. The Balaban J connectivity index is 1.59. The molecule has 0 N–H and O–H groups in total. The van der Waals surface area contributed by atoms with Crippen LogP contribution >= 0.6 is 0 Å². The van der Waals surface area contributed by atoms with Crippen LogP contribution < -0.4 is 0 Å². The summed E-state index contributed by atoms with van der Waals surface area (Å²) < 4.78 is 7.47. The summed E-state index contributed by atoms with van der Waals surface area (Å²) in [6.45, 7) is 9.50. The van der Waals surface area contributed by atoms with Gasteiger partial charge >= 0.3 is 6.09 Å². The first-order valence-corrected chi connectivity index (χ1v) is 8.48. The predicted octanol–water partition coefficient (Wildman–Crippen LogP) is 1.75. The third-order valence-corrected chi connectivity index (χ3v) is 4.58. The first kappa shape index (κ1) is 16.2. The zero-order chi connectivity index (χ0) is 16.4. The SMILES string of the molecule is CC(C)(C)OC(=O)N1[C@H]2CC[C@H]1CN(CCn1cncn1)CC2. The molecular formula is C16H27N5O2.